The lowest BCUT2D eigenvalue weighted by Crippen LogP contribution is -2.32. The summed E-state index contributed by atoms with van der Waals surface area (Å²) in [5.74, 6) is 0. The fourth-order valence-corrected chi connectivity index (χ4v) is 2.35. The first-order chi connectivity index (χ1) is 10.0. The van der Waals surface area contributed by atoms with E-state index in [9.17, 15) is 0 Å². The molecule has 0 radical (unpaired) electrons. The minimum Gasteiger partial charge on any atom is -0.310 e. The fourth-order valence-electron chi connectivity index (χ4n) is 2.35. The van der Waals surface area contributed by atoms with Crippen LogP contribution in [0, 0.1) is 0 Å². The molecule has 0 amide bonds. The summed E-state index contributed by atoms with van der Waals surface area (Å²) in [7, 11) is 4.28. The maximum atomic E-state index is 3.49. The largest absolute Gasteiger partial charge is 0.310 e. The third kappa shape index (κ3) is 8.20. The number of hydrogen-bond donors (Lipinski definition) is 1. The van der Waals surface area contributed by atoms with E-state index < -0.39 is 0 Å². The van der Waals surface area contributed by atoms with E-state index in [2.05, 4.69) is 74.2 Å². The van der Waals surface area contributed by atoms with E-state index in [1.165, 1.54) is 24.1 Å². The first-order valence-electron chi connectivity index (χ1n) is 8.19. The van der Waals surface area contributed by atoms with Crippen LogP contribution >= 0.6 is 0 Å². The summed E-state index contributed by atoms with van der Waals surface area (Å²) in [5.41, 5.74) is 2.80. The first kappa shape index (κ1) is 18.1. The van der Waals surface area contributed by atoms with E-state index in [4.69, 9.17) is 0 Å². The molecule has 0 aromatic heterocycles. The predicted molar refractivity (Wildman–Crippen MR) is 92.5 cm³/mol. The Morgan fingerprint density at radius 1 is 1.05 bits per heavy atom. The Hall–Kier alpha value is -0.900. The SMILES string of the molecule is CCCN(CCN(C)C)Cc1cccc(CNC(C)C)c1. The van der Waals surface area contributed by atoms with Crippen LogP contribution in [0.15, 0.2) is 24.3 Å². The molecule has 0 aliphatic rings. The minimum absolute atomic E-state index is 0.533. The van der Waals surface area contributed by atoms with Crippen molar-refractivity contribution in [3.05, 3.63) is 35.4 Å². The molecule has 0 saturated heterocycles. The molecule has 1 rings (SSSR count). The summed E-state index contributed by atoms with van der Waals surface area (Å²) >= 11 is 0. The molecule has 21 heavy (non-hydrogen) atoms. The average molecular weight is 291 g/mol. The molecule has 0 aliphatic heterocycles. The third-order valence-corrected chi connectivity index (χ3v) is 3.52. The van der Waals surface area contributed by atoms with Gasteiger partial charge in [-0.3, -0.25) is 4.90 Å². The summed E-state index contributed by atoms with van der Waals surface area (Å²) in [6, 6.07) is 9.52. The van der Waals surface area contributed by atoms with Crippen LogP contribution in [-0.4, -0.2) is 49.6 Å². The molecular weight excluding hydrogens is 258 g/mol. The molecule has 0 fully saturated rings. The van der Waals surface area contributed by atoms with Crippen molar-refractivity contribution in [2.45, 2.75) is 46.3 Å². The summed E-state index contributed by atoms with van der Waals surface area (Å²) in [6.07, 6.45) is 1.21. The van der Waals surface area contributed by atoms with Gasteiger partial charge in [0.05, 0.1) is 0 Å². The van der Waals surface area contributed by atoms with Crippen LogP contribution < -0.4 is 5.32 Å². The topological polar surface area (TPSA) is 18.5 Å². The van der Waals surface area contributed by atoms with Gasteiger partial charge in [-0.15, -0.1) is 0 Å². The van der Waals surface area contributed by atoms with E-state index in [-0.39, 0.29) is 0 Å². The molecular formula is C18H33N3. The molecule has 120 valence electrons. The van der Waals surface area contributed by atoms with Crippen LogP contribution in [0.25, 0.3) is 0 Å². The van der Waals surface area contributed by atoms with Crippen LogP contribution in [0.3, 0.4) is 0 Å². The molecule has 0 atom stereocenters. The Bertz CT molecular complexity index is 388. The normalized spacial score (nSPS) is 11.8. The molecule has 1 aromatic rings. The smallest absolute Gasteiger partial charge is 0.0234 e. The Kier molecular flexibility index (Phi) is 8.58. The molecule has 1 aromatic carbocycles. The van der Waals surface area contributed by atoms with Gasteiger partial charge in [-0.25, -0.2) is 0 Å². The van der Waals surface area contributed by atoms with Crippen molar-refractivity contribution < 1.29 is 0 Å². The lowest BCUT2D eigenvalue weighted by molar-refractivity contribution is 0.234. The maximum Gasteiger partial charge on any atom is 0.0234 e. The highest BCUT2D eigenvalue weighted by molar-refractivity contribution is 5.23. The second-order valence-corrected chi connectivity index (χ2v) is 6.43. The monoisotopic (exact) mass is 291 g/mol. The number of nitrogens with one attached hydrogen (secondary N) is 1. The number of nitrogens with zero attached hydrogens (tertiary/aromatic N) is 2. The molecule has 0 aliphatic carbocycles. The van der Waals surface area contributed by atoms with Crippen LogP contribution in [0.1, 0.15) is 38.3 Å². The lowest BCUT2D eigenvalue weighted by Gasteiger charge is -2.24. The molecule has 0 bridgehead atoms. The second-order valence-electron chi connectivity index (χ2n) is 6.43. The highest BCUT2D eigenvalue weighted by atomic mass is 15.2. The Morgan fingerprint density at radius 2 is 1.76 bits per heavy atom. The van der Waals surface area contributed by atoms with Gasteiger partial charge in [0.15, 0.2) is 0 Å². The number of likely N-dealkylation sites (N-methyl/N-ethyl adjacent to an activating group) is 1. The fraction of sp³-hybridized carbons (Fsp3) is 0.667. The Balaban J connectivity index is 2.58. The third-order valence-electron chi connectivity index (χ3n) is 3.52. The summed E-state index contributed by atoms with van der Waals surface area (Å²) in [6.45, 7) is 12.1. The van der Waals surface area contributed by atoms with Crippen molar-refractivity contribution in [2.24, 2.45) is 0 Å². The van der Waals surface area contributed by atoms with E-state index in [0.717, 1.165) is 26.2 Å². The zero-order valence-electron chi connectivity index (χ0n) is 14.5. The van der Waals surface area contributed by atoms with Gasteiger partial charge < -0.3 is 10.2 Å². The van der Waals surface area contributed by atoms with Gasteiger partial charge in [0.1, 0.15) is 0 Å². The Morgan fingerprint density at radius 3 is 2.38 bits per heavy atom. The van der Waals surface area contributed by atoms with Crippen molar-refractivity contribution >= 4 is 0 Å². The predicted octanol–water partition coefficient (Wildman–Crippen LogP) is 2.96. The van der Waals surface area contributed by atoms with Crippen molar-refractivity contribution in [2.75, 3.05) is 33.7 Å². The van der Waals surface area contributed by atoms with Gasteiger partial charge in [-0.2, -0.15) is 0 Å². The average Bonchev–Trinajstić information content (AvgIpc) is 2.43. The highest BCUT2D eigenvalue weighted by Crippen LogP contribution is 2.09. The van der Waals surface area contributed by atoms with Crippen molar-refractivity contribution in [1.82, 2.24) is 15.1 Å². The Labute approximate surface area is 131 Å². The van der Waals surface area contributed by atoms with Gasteiger partial charge in [0.25, 0.3) is 0 Å². The lowest BCUT2D eigenvalue weighted by atomic mass is 10.1. The summed E-state index contributed by atoms with van der Waals surface area (Å²) < 4.78 is 0. The molecule has 1 N–H and O–H groups in total. The number of rotatable bonds is 10. The van der Waals surface area contributed by atoms with Gasteiger partial charge in [0.2, 0.25) is 0 Å². The zero-order chi connectivity index (χ0) is 15.7. The molecule has 3 nitrogen and oxygen atoms in total. The van der Waals surface area contributed by atoms with E-state index in [0.29, 0.717) is 6.04 Å². The summed E-state index contributed by atoms with van der Waals surface area (Å²) in [4.78, 5) is 4.81. The molecule has 0 saturated carbocycles. The zero-order valence-corrected chi connectivity index (χ0v) is 14.5. The highest BCUT2D eigenvalue weighted by Gasteiger charge is 2.06. The molecule has 3 heteroatoms. The van der Waals surface area contributed by atoms with E-state index >= 15 is 0 Å². The van der Waals surface area contributed by atoms with Crippen molar-refractivity contribution in [1.29, 1.82) is 0 Å². The summed E-state index contributed by atoms with van der Waals surface area (Å²) in [5, 5.41) is 3.49. The quantitative estimate of drug-likeness (QED) is 0.715. The van der Waals surface area contributed by atoms with Crippen molar-refractivity contribution in [3.63, 3.8) is 0 Å². The maximum absolute atomic E-state index is 3.49. The van der Waals surface area contributed by atoms with E-state index in [1.54, 1.807) is 0 Å². The van der Waals surface area contributed by atoms with Crippen LogP contribution in [0.5, 0.6) is 0 Å². The van der Waals surface area contributed by atoms with Gasteiger partial charge in [-0.1, -0.05) is 45.0 Å². The molecule has 0 spiro atoms. The van der Waals surface area contributed by atoms with Crippen LogP contribution in [0.4, 0.5) is 0 Å². The number of hydrogen-bond acceptors (Lipinski definition) is 3. The van der Waals surface area contributed by atoms with Gasteiger partial charge >= 0.3 is 0 Å². The standard InChI is InChI=1S/C18H33N3/c1-6-10-21(12-11-20(4)5)15-18-9-7-8-17(13-18)14-19-16(2)3/h7-9,13,16,19H,6,10-12,14-15H2,1-5H3. The van der Waals surface area contributed by atoms with Gasteiger partial charge in [-0.05, 0) is 38.2 Å². The minimum atomic E-state index is 0.533. The van der Waals surface area contributed by atoms with Crippen LogP contribution in [-0.2, 0) is 13.1 Å². The molecule has 0 unspecified atom stereocenters. The van der Waals surface area contributed by atoms with Gasteiger partial charge in [0, 0.05) is 32.2 Å². The van der Waals surface area contributed by atoms with Crippen LogP contribution in [0.2, 0.25) is 0 Å². The first-order valence-corrected chi connectivity index (χ1v) is 8.19. The van der Waals surface area contributed by atoms with Crippen molar-refractivity contribution in [3.8, 4) is 0 Å². The second kappa shape index (κ2) is 9.93. The molecule has 0 heterocycles. The number of benzene rings is 1. The van der Waals surface area contributed by atoms with E-state index in [1.807, 2.05) is 0 Å².